The van der Waals surface area contributed by atoms with Crippen LogP contribution in [0, 0.1) is 6.92 Å². The molecule has 3 nitrogen and oxygen atoms in total. The minimum atomic E-state index is -4.39. The number of halogens is 4. The highest BCUT2D eigenvalue weighted by molar-refractivity contribution is 6.30. The Morgan fingerprint density at radius 1 is 1.13 bits per heavy atom. The predicted octanol–water partition coefficient (Wildman–Crippen LogP) is 4.72. The predicted molar refractivity (Wildman–Crippen MR) is 84.8 cm³/mol. The van der Waals surface area contributed by atoms with Crippen molar-refractivity contribution in [2.45, 2.75) is 13.1 Å². The lowest BCUT2D eigenvalue weighted by atomic mass is 10.2. The second kappa shape index (κ2) is 6.91. The number of hydrogen-bond donors (Lipinski definition) is 2. The van der Waals surface area contributed by atoms with Crippen molar-refractivity contribution in [2.75, 3.05) is 17.2 Å². The van der Waals surface area contributed by atoms with Gasteiger partial charge in [0.05, 0.1) is 12.1 Å². The van der Waals surface area contributed by atoms with Crippen LogP contribution in [0.1, 0.15) is 11.1 Å². The smallest absolute Gasteiger partial charge is 0.376 e. The first-order valence-electron chi connectivity index (χ1n) is 6.73. The van der Waals surface area contributed by atoms with E-state index in [1.165, 1.54) is 12.1 Å². The molecular weight excluding hydrogens is 329 g/mol. The Morgan fingerprint density at radius 3 is 2.39 bits per heavy atom. The van der Waals surface area contributed by atoms with Crippen molar-refractivity contribution in [1.82, 2.24) is 0 Å². The van der Waals surface area contributed by atoms with E-state index in [9.17, 15) is 18.0 Å². The van der Waals surface area contributed by atoms with Crippen molar-refractivity contribution in [3.8, 4) is 0 Å². The van der Waals surface area contributed by atoms with E-state index in [1.807, 2.05) is 13.0 Å². The molecule has 1 amide bonds. The van der Waals surface area contributed by atoms with Crippen LogP contribution in [0.4, 0.5) is 24.5 Å². The van der Waals surface area contributed by atoms with Gasteiger partial charge in [0.25, 0.3) is 0 Å². The third kappa shape index (κ3) is 4.89. The maximum absolute atomic E-state index is 12.5. The molecule has 23 heavy (non-hydrogen) atoms. The highest BCUT2D eigenvalue weighted by Crippen LogP contribution is 2.29. The van der Waals surface area contributed by atoms with Gasteiger partial charge in [-0.3, -0.25) is 4.79 Å². The largest absolute Gasteiger partial charge is 0.416 e. The normalized spacial score (nSPS) is 11.2. The highest BCUT2D eigenvalue weighted by Gasteiger charge is 2.29. The van der Waals surface area contributed by atoms with Crippen molar-refractivity contribution < 1.29 is 18.0 Å². The van der Waals surface area contributed by atoms with Crippen molar-refractivity contribution in [3.63, 3.8) is 0 Å². The Labute approximate surface area is 136 Å². The van der Waals surface area contributed by atoms with E-state index in [0.717, 1.165) is 23.4 Å². The molecule has 0 aliphatic rings. The monoisotopic (exact) mass is 342 g/mol. The van der Waals surface area contributed by atoms with E-state index in [1.54, 1.807) is 12.1 Å². The minimum absolute atomic E-state index is 0.0256. The Kier molecular flexibility index (Phi) is 5.15. The van der Waals surface area contributed by atoms with E-state index in [-0.39, 0.29) is 12.5 Å². The Morgan fingerprint density at radius 2 is 1.78 bits per heavy atom. The van der Waals surface area contributed by atoms with Crippen LogP contribution in [-0.2, 0) is 11.0 Å². The topological polar surface area (TPSA) is 41.1 Å². The number of hydrogen-bond acceptors (Lipinski definition) is 2. The quantitative estimate of drug-likeness (QED) is 0.844. The van der Waals surface area contributed by atoms with Crippen molar-refractivity contribution in [2.24, 2.45) is 0 Å². The van der Waals surface area contributed by atoms with Gasteiger partial charge in [0.2, 0.25) is 5.91 Å². The van der Waals surface area contributed by atoms with Gasteiger partial charge in [0, 0.05) is 16.4 Å². The molecular formula is C16H14ClF3N2O. The van der Waals surface area contributed by atoms with Gasteiger partial charge in [0.15, 0.2) is 0 Å². The van der Waals surface area contributed by atoms with Gasteiger partial charge in [0.1, 0.15) is 0 Å². The number of alkyl halides is 3. The molecule has 0 radical (unpaired) electrons. The molecule has 0 aliphatic carbocycles. The van der Waals surface area contributed by atoms with Crippen LogP contribution in [0.15, 0.2) is 42.5 Å². The molecule has 7 heteroatoms. The van der Waals surface area contributed by atoms with Crippen LogP contribution in [-0.4, -0.2) is 12.5 Å². The Bertz CT molecular complexity index is 699. The zero-order chi connectivity index (χ0) is 17.0. The van der Waals surface area contributed by atoms with Gasteiger partial charge in [-0.2, -0.15) is 13.2 Å². The van der Waals surface area contributed by atoms with Gasteiger partial charge >= 0.3 is 6.18 Å². The molecule has 2 N–H and O–H groups in total. The van der Waals surface area contributed by atoms with Crippen LogP contribution in [0.2, 0.25) is 5.02 Å². The average Bonchev–Trinajstić information content (AvgIpc) is 2.48. The van der Waals surface area contributed by atoms with Gasteiger partial charge in [-0.05, 0) is 48.9 Å². The van der Waals surface area contributed by atoms with Crippen LogP contribution in [0.3, 0.4) is 0 Å². The molecule has 0 spiro atoms. The maximum Gasteiger partial charge on any atom is 0.416 e. The molecule has 0 saturated carbocycles. The fourth-order valence-electron chi connectivity index (χ4n) is 1.91. The SMILES string of the molecule is Cc1ccc(Cl)cc1NCC(=O)Nc1ccc(C(F)(F)F)cc1. The third-order valence-electron chi connectivity index (χ3n) is 3.13. The number of amides is 1. The average molecular weight is 343 g/mol. The molecule has 0 bridgehead atoms. The van der Waals surface area contributed by atoms with Crippen LogP contribution < -0.4 is 10.6 Å². The lowest BCUT2D eigenvalue weighted by Gasteiger charge is -2.11. The van der Waals surface area contributed by atoms with Crippen LogP contribution in [0.25, 0.3) is 0 Å². The summed E-state index contributed by atoms with van der Waals surface area (Å²) in [5.41, 5.74) is 1.19. The summed E-state index contributed by atoms with van der Waals surface area (Å²) in [6, 6.07) is 9.52. The summed E-state index contributed by atoms with van der Waals surface area (Å²) < 4.78 is 37.4. The number of aryl methyl sites for hydroxylation is 1. The van der Waals surface area contributed by atoms with Gasteiger partial charge < -0.3 is 10.6 Å². The van der Waals surface area contributed by atoms with E-state index in [0.29, 0.717) is 10.7 Å². The van der Waals surface area contributed by atoms with E-state index >= 15 is 0 Å². The number of benzene rings is 2. The molecule has 0 saturated heterocycles. The standard InChI is InChI=1S/C16H14ClF3N2O/c1-10-2-5-12(17)8-14(10)21-9-15(23)22-13-6-3-11(4-7-13)16(18,19)20/h2-8,21H,9H2,1H3,(H,22,23). The number of carbonyl (C=O) groups excluding carboxylic acids is 1. The number of anilines is 2. The number of nitrogens with one attached hydrogen (secondary N) is 2. The summed E-state index contributed by atoms with van der Waals surface area (Å²) in [6.07, 6.45) is -4.39. The van der Waals surface area contributed by atoms with Crippen LogP contribution in [0.5, 0.6) is 0 Å². The summed E-state index contributed by atoms with van der Waals surface area (Å²) in [4.78, 5) is 11.8. The molecule has 0 atom stereocenters. The number of rotatable bonds is 4. The zero-order valence-corrected chi connectivity index (χ0v) is 12.9. The molecule has 0 aromatic heterocycles. The first-order valence-corrected chi connectivity index (χ1v) is 7.10. The Balaban J connectivity index is 1.93. The fraction of sp³-hybridized carbons (Fsp3) is 0.188. The van der Waals surface area contributed by atoms with E-state index < -0.39 is 11.7 Å². The second-order valence-electron chi connectivity index (χ2n) is 4.94. The highest BCUT2D eigenvalue weighted by atomic mass is 35.5. The summed E-state index contributed by atoms with van der Waals surface area (Å²) in [5, 5.41) is 6.00. The van der Waals surface area contributed by atoms with Gasteiger partial charge in [-0.1, -0.05) is 17.7 Å². The van der Waals surface area contributed by atoms with E-state index in [4.69, 9.17) is 11.6 Å². The molecule has 0 unspecified atom stereocenters. The van der Waals surface area contributed by atoms with E-state index in [2.05, 4.69) is 10.6 Å². The third-order valence-corrected chi connectivity index (χ3v) is 3.37. The molecule has 0 aliphatic heterocycles. The molecule has 0 fully saturated rings. The van der Waals surface area contributed by atoms with Gasteiger partial charge in [-0.25, -0.2) is 0 Å². The van der Waals surface area contributed by atoms with Crippen LogP contribution >= 0.6 is 11.6 Å². The molecule has 2 rings (SSSR count). The van der Waals surface area contributed by atoms with Crippen molar-refractivity contribution in [1.29, 1.82) is 0 Å². The molecule has 2 aromatic rings. The Hall–Kier alpha value is -2.21. The lowest BCUT2D eigenvalue weighted by molar-refractivity contribution is -0.137. The molecule has 122 valence electrons. The summed E-state index contributed by atoms with van der Waals surface area (Å²) in [6.45, 7) is 1.84. The lowest BCUT2D eigenvalue weighted by Crippen LogP contribution is -2.22. The first kappa shape index (κ1) is 17.1. The van der Waals surface area contributed by atoms with Gasteiger partial charge in [-0.15, -0.1) is 0 Å². The number of carbonyl (C=O) groups is 1. The summed E-state index contributed by atoms with van der Waals surface area (Å²) >= 11 is 5.88. The van der Waals surface area contributed by atoms with Crippen molar-refractivity contribution >= 4 is 28.9 Å². The maximum atomic E-state index is 12.5. The summed E-state index contributed by atoms with van der Waals surface area (Å²) in [5.74, 6) is -0.371. The van der Waals surface area contributed by atoms with Crippen molar-refractivity contribution in [3.05, 3.63) is 58.6 Å². The molecule has 0 heterocycles. The second-order valence-corrected chi connectivity index (χ2v) is 5.37. The summed E-state index contributed by atoms with van der Waals surface area (Å²) in [7, 11) is 0. The zero-order valence-electron chi connectivity index (χ0n) is 12.2. The molecule has 2 aromatic carbocycles. The fourth-order valence-corrected chi connectivity index (χ4v) is 2.08. The first-order chi connectivity index (χ1) is 10.8. The minimum Gasteiger partial charge on any atom is -0.376 e.